The van der Waals surface area contributed by atoms with Crippen molar-refractivity contribution in [2.75, 3.05) is 0 Å². The van der Waals surface area contributed by atoms with Gasteiger partial charge in [-0.05, 0) is 0 Å². The summed E-state index contributed by atoms with van der Waals surface area (Å²) in [6.07, 6.45) is 0. The zero-order valence-corrected chi connectivity index (χ0v) is 11.4. The van der Waals surface area contributed by atoms with Crippen LogP contribution in [0.25, 0.3) is 0 Å². The minimum Gasteiger partial charge on any atom is 0 e. The van der Waals surface area contributed by atoms with Gasteiger partial charge in [0.15, 0.2) is 0 Å². The molecular formula is CoNbPbZr. The van der Waals surface area contributed by atoms with Crippen molar-refractivity contribution in [2.24, 2.45) is 0 Å². The third kappa shape index (κ3) is 8.90. The van der Waals surface area contributed by atoms with Gasteiger partial charge < -0.3 is 0 Å². The molecule has 0 heterocycles. The summed E-state index contributed by atoms with van der Waals surface area (Å²) in [6.45, 7) is 0. The molecule has 0 aliphatic rings. The predicted octanol–water partition coefficient (Wildman–Crippen LogP) is -0.388. The number of rotatable bonds is 0. The van der Waals surface area contributed by atoms with Gasteiger partial charge in [-0.2, -0.15) is 0 Å². The molecule has 6 radical (unpaired) electrons. The van der Waals surface area contributed by atoms with E-state index in [1.54, 1.807) is 0 Å². The Morgan fingerprint density at radius 3 is 1.00 bits per heavy atom. The molecule has 0 spiro atoms. The molecule has 0 saturated heterocycles. The van der Waals surface area contributed by atoms with E-state index in [2.05, 4.69) is 0 Å². The first-order valence-electron chi connectivity index (χ1n) is 0. The van der Waals surface area contributed by atoms with Gasteiger partial charge in [-0.3, -0.25) is 0 Å². The first kappa shape index (κ1) is 27.7. The van der Waals surface area contributed by atoms with Crippen LogP contribution in [0, 0.1) is 0 Å². The van der Waals surface area contributed by atoms with Crippen molar-refractivity contribution in [3.8, 4) is 0 Å². The third-order valence-corrected chi connectivity index (χ3v) is 0. The molecule has 0 atom stereocenters. The van der Waals surface area contributed by atoms with Gasteiger partial charge in [0.1, 0.15) is 0 Å². The fourth-order valence-electron chi connectivity index (χ4n) is 0. The summed E-state index contributed by atoms with van der Waals surface area (Å²) >= 11 is 0. The van der Waals surface area contributed by atoms with E-state index in [4.69, 9.17) is 0 Å². The van der Waals surface area contributed by atoms with E-state index in [1.807, 2.05) is 0 Å². The summed E-state index contributed by atoms with van der Waals surface area (Å²) in [5, 5.41) is 0. The first-order valence-corrected chi connectivity index (χ1v) is 0. The molecule has 0 aromatic carbocycles. The van der Waals surface area contributed by atoms with Crippen LogP contribution in [0.2, 0.25) is 0 Å². The molecule has 0 nitrogen and oxygen atoms in total. The Morgan fingerprint density at radius 1 is 1.00 bits per heavy atom. The van der Waals surface area contributed by atoms with Crippen LogP contribution in [0.1, 0.15) is 0 Å². The zero-order chi connectivity index (χ0) is 0. The van der Waals surface area contributed by atoms with Gasteiger partial charge in [0.05, 0.1) is 0 Å². The largest absolute Gasteiger partial charge is 0 e. The minimum atomic E-state index is 0. The Kier molecular flexibility index (Phi) is 115. The van der Waals surface area contributed by atoms with Crippen LogP contribution in [0.15, 0.2) is 0 Å². The molecule has 0 aromatic heterocycles. The quantitative estimate of drug-likeness (QED) is 0.442. The molecule has 0 aliphatic carbocycles. The van der Waals surface area contributed by atoms with Crippen molar-refractivity contribution in [2.45, 2.75) is 0 Å². The molecule has 22 valence electrons. The third-order valence-electron chi connectivity index (χ3n) is 0. The molecule has 4 heavy (non-hydrogen) atoms. The standard InChI is InChI=1S/Co.Nb.Pb.Zr. The molecule has 0 bridgehead atoms. The summed E-state index contributed by atoms with van der Waals surface area (Å²) < 4.78 is 0. The van der Waals surface area contributed by atoms with Crippen LogP contribution in [-0.4, -0.2) is 27.3 Å². The Balaban J connectivity index is 0. The maximum absolute atomic E-state index is 0. The molecular weight excluding hydrogens is 450 g/mol. The molecule has 0 unspecified atom stereocenters. The van der Waals surface area contributed by atoms with Gasteiger partial charge in [-0.25, -0.2) is 0 Å². The summed E-state index contributed by atoms with van der Waals surface area (Å²) in [5.41, 5.74) is 0. The fraction of sp³-hybridized carbons (Fsp3) is 0. The van der Waals surface area contributed by atoms with E-state index in [9.17, 15) is 0 Å². The molecule has 4 heteroatoms. The van der Waals surface area contributed by atoms with E-state index < -0.39 is 0 Å². The van der Waals surface area contributed by atoms with Crippen LogP contribution in [0.4, 0.5) is 0 Å². The molecule has 0 rings (SSSR count). The summed E-state index contributed by atoms with van der Waals surface area (Å²) in [7, 11) is 0. The Hall–Kier alpha value is 3.05. The number of hydrogen-bond acceptors (Lipinski definition) is 0. The first-order chi connectivity index (χ1) is 0. The topological polar surface area (TPSA) is 0 Å². The molecule has 0 amide bonds. The molecule has 0 saturated carbocycles. The van der Waals surface area contributed by atoms with Crippen LogP contribution in [-0.2, 0) is 65.4 Å². The van der Waals surface area contributed by atoms with Crippen molar-refractivity contribution in [3.63, 3.8) is 0 Å². The second-order valence-electron chi connectivity index (χ2n) is 0. The van der Waals surface area contributed by atoms with Crippen LogP contribution in [0.3, 0.4) is 0 Å². The van der Waals surface area contributed by atoms with Crippen LogP contribution >= 0.6 is 0 Å². The van der Waals surface area contributed by atoms with E-state index in [0.29, 0.717) is 0 Å². The van der Waals surface area contributed by atoms with Crippen molar-refractivity contribution in [1.82, 2.24) is 0 Å². The Labute approximate surface area is 90.9 Å². The molecule has 0 aromatic rings. The number of hydrogen-bond donors (Lipinski definition) is 0. The van der Waals surface area contributed by atoms with Crippen molar-refractivity contribution < 1.29 is 65.4 Å². The second-order valence-corrected chi connectivity index (χ2v) is 0. The summed E-state index contributed by atoms with van der Waals surface area (Å²) in [5.74, 6) is 0. The van der Waals surface area contributed by atoms with Gasteiger partial charge in [-0.15, -0.1) is 0 Å². The molecule has 0 fully saturated rings. The fourth-order valence-corrected chi connectivity index (χ4v) is 0. The predicted molar refractivity (Wildman–Crippen MR) is 5.75 cm³/mol. The average Bonchev–Trinajstić information content (AvgIpc) is 0. The monoisotopic (exact) mass is 450 g/mol. The van der Waals surface area contributed by atoms with E-state index in [-0.39, 0.29) is 92.7 Å². The SMILES string of the molecule is [Co].[Nb].[Pb].[Zr]. The summed E-state index contributed by atoms with van der Waals surface area (Å²) in [6, 6.07) is 0. The molecule has 0 N–H and O–H groups in total. The maximum atomic E-state index is 0. The normalized spacial score (nSPS) is 0. The minimum absolute atomic E-state index is 0. The van der Waals surface area contributed by atoms with Crippen LogP contribution < -0.4 is 0 Å². The zero-order valence-electron chi connectivity index (χ0n) is 1.78. The van der Waals surface area contributed by atoms with E-state index in [1.165, 1.54) is 0 Å². The molecule has 0 aliphatic heterocycles. The van der Waals surface area contributed by atoms with Gasteiger partial charge in [0, 0.05) is 92.7 Å². The van der Waals surface area contributed by atoms with Gasteiger partial charge >= 0.3 is 0 Å². The smallest absolute Gasteiger partial charge is 0 e. The average molecular weight is 450 g/mol. The second kappa shape index (κ2) is 16.6. The maximum Gasteiger partial charge on any atom is 0 e. The van der Waals surface area contributed by atoms with Crippen molar-refractivity contribution in [1.29, 1.82) is 0 Å². The van der Waals surface area contributed by atoms with Gasteiger partial charge in [0.25, 0.3) is 0 Å². The van der Waals surface area contributed by atoms with Crippen LogP contribution in [0.5, 0.6) is 0 Å². The van der Waals surface area contributed by atoms with E-state index >= 15 is 0 Å². The van der Waals surface area contributed by atoms with Crippen molar-refractivity contribution in [3.05, 3.63) is 0 Å². The van der Waals surface area contributed by atoms with Crippen molar-refractivity contribution >= 4 is 27.3 Å². The van der Waals surface area contributed by atoms with E-state index in [0.717, 1.165) is 0 Å². The Bertz CT molecular complexity index is 8.00. The van der Waals surface area contributed by atoms with Gasteiger partial charge in [-0.1, -0.05) is 0 Å². The summed E-state index contributed by atoms with van der Waals surface area (Å²) in [4.78, 5) is 0. The Morgan fingerprint density at radius 2 is 1.00 bits per heavy atom. The van der Waals surface area contributed by atoms with Gasteiger partial charge in [0.2, 0.25) is 0 Å².